The molecular formula is C29H29F3N4O3. The Morgan fingerprint density at radius 1 is 1.10 bits per heavy atom. The lowest BCUT2D eigenvalue weighted by molar-refractivity contribution is -0.149. The molecule has 7 nitrogen and oxygen atoms in total. The fourth-order valence-corrected chi connectivity index (χ4v) is 5.30. The molecule has 1 N–H and O–H groups in total. The molecule has 1 atom stereocenters. The highest BCUT2D eigenvalue weighted by molar-refractivity contribution is 5.96. The van der Waals surface area contributed by atoms with Crippen LogP contribution in [-0.4, -0.2) is 50.7 Å². The molecular weight excluding hydrogens is 509 g/mol. The van der Waals surface area contributed by atoms with Crippen LogP contribution in [0.2, 0.25) is 0 Å². The minimum Gasteiger partial charge on any atom is -0.462 e. The third kappa shape index (κ3) is 5.03. The van der Waals surface area contributed by atoms with Crippen LogP contribution in [0.1, 0.15) is 60.8 Å². The number of para-hydroxylation sites is 1. The molecule has 0 spiro atoms. The summed E-state index contributed by atoms with van der Waals surface area (Å²) in [6, 6.07) is 14.1. The van der Waals surface area contributed by atoms with Crippen LogP contribution in [0.3, 0.4) is 0 Å². The first-order valence-corrected chi connectivity index (χ1v) is 12.7. The summed E-state index contributed by atoms with van der Waals surface area (Å²) in [5.41, 5.74) is 2.03. The third-order valence-corrected chi connectivity index (χ3v) is 6.96. The summed E-state index contributed by atoms with van der Waals surface area (Å²) in [5.74, 6) is -1.42. The predicted molar refractivity (Wildman–Crippen MR) is 140 cm³/mol. The van der Waals surface area contributed by atoms with Gasteiger partial charge in [0.2, 0.25) is 0 Å². The Morgan fingerprint density at radius 2 is 1.79 bits per heavy atom. The van der Waals surface area contributed by atoms with Crippen LogP contribution in [-0.2, 0) is 21.1 Å². The Balaban J connectivity index is 1.48. The average molecular weight is 539 g/mol. The molecule has 39 heavy (non-hydrogen) atoms. The molecule has 1 aliphatic heterocycles. The zero-order valence-corrected chi connectivity index (χ0v) is 22.0. The molecule has 0 saturated heterocycles. The first-order chi connectivity index (χ1) is 18.3. The number of hydrogen-bond acceptors (Lipinski definition) is 4. The summed E-state index contributed by atoms with van der Waals surface area (Å²) in [6.45, 7) is 8.12. The Morgan fingerprint density at radius 3 is 2.44 bits per heavy atom. The summed E-state index contributed by atoms with van der Waals surface area (Å²) in [6.07, 6.45) is -3.16. The van der Waals surface area contributed by atoms with Gasteiger partial charge in [-0.1, -0.05) is 32.0 Å². The number of ether oxygens (including phenoxy) is 1. The first-order valence-electron chi connectivity index (χ1n) is 12.7. The quantitative estimate of drug-likeness (QED) is 0.331. The van der Waals surface area contributed by atoms with Crippen molar-refractivity contribution in [3.05, 3.63) is 83.3 Å². The van der Waals surface area contributed by atoms with Crippen molar-refractivity contribution in [1.29, 1.82) is 0 Å². The Hall–Kier alpha value is -4.08. The monoisotopic (exact) mass is 538 g/mol. The van der Waals surface area contributed by atoms with Gasteiger partial charge in [0.15, 0.2) is 0 Å². The van der Waals surface area contributed by atoms with Crippen LogP contribution < -0.4 is 0 Å². The van der Waals surface area contributed by atoms with Crippen LogP contribution in [0, 0.1) is 0 Å². The topological polar surface area (TPSA) is 80.2 Å². The van der Waals surface area contributed by atoms with Crippen LogP contribution in [0.15, 0.2) is 60.9 Å². The number of alkyl halides is 3. The molecule has 5 rings (SSSR count). The van der Waals surface area contributed by atoms with E-state index in [1.165, 1.54) is 0 Å². The van der Waals surface area contributed by atoms with Crippen molar-refractivity contribution < 1.29 is 27.5 Å². The smallest absolute Gasteiger partial charge is 0.419 e. The van der Waals surface area contributed by atoms with Gasteiger partial charge in [-0.05, 0) is 49.7 Å². The minimum atomic E-state index is -4.50. The number of aromatic amines is 1. The van der Waals surface area contributed by atoms with Gasteiger partial charge in [-0.3, -0.25) is 9.59 Å². The standard InChI is InChI=1S/C29H29F3N4O3/c1-17(2)39-27(38)22-15-35(16-28(3,4)24-21-7-5-6-8-23(21)34-25(22)24)26(37)18-9-11-20(12-10-18)36-14-19(13-33-36)29(30,31)32/h5-14,17,22,34H,15-16H2,1-4H3. The summed E-state index contributed by atoms with van der Waals surface area (Å²) >= 11 is 0. The zero-order chi connectivity index (χ0) is 28.1. The number of nitrogens with one attached hydrogen (secondary N) is 1. The lowest BCUT2D eigenvalue weighted by Gasteiger charge is -2.31. The number of carbonyl (C=O) groups is 2. The lowest BCUT2D eigenvalue weighted by atomic mass is 9.81. The number of nitrogens with zero attached hydrogens (tertiary/aromatic N) is 3. The molecule has 0 aliphatic carbocycles. The Bertz CT molecular complexity index is 1530. The van der Waals surface area contributed by atoms with E-state index in [4.69, 9.17) is 4.74 Å². The van der Waals surface area contributed by atoms with Crippen molar-refractivity contribution in [2.24, 2.45) is 0 Å². The molecule has 10 heteroatoms. The predicted octanol–water partition coefficient (Wildman–Crippen LogP) is 5.84. The lowest BCUT2D eigenvalue weighted by Crippen LogP contribution is -2.41. The normalized spacial score (nSPS) is 17.2. The molecule has 1 unspecified atom stereocenters. The van der Waals surface area contributed by atoms with E-state index in [0.29, 0.717) is 17.8 Å². The summed E-state index contributed by atoms with van der Waals surface area (Å²) in [7, 11) is 0. The van der Waals surface area contributed by atoms with Gasteiger partial charge in [0.1, 0.15) is 5.92 Å². The number of benzene rings is 2. The zero-order valence-electron chi connectivity index (χ0n) is 22.0. The molecule has 3 heterocycles. The number of esters is 1. The average Bonchev–Trinajstić information content (AvgIpc) is 3.49. The molecule has 4 aromatic rings. The van der Waals surface area contributed by atoms with E-state index in [0.717, 1.165) is 39.2 Å². The van der Waals surface area contributed by atoms with Crippen LogP contribution >= 0.6 is 0 Å². The van der Waals surface area contributed by atoms with Crippen molar-refractivity contribution in [2.75, 3.05) is 13.1 Å². The largest absolute Gasteiger partial charge is 0.462 e. The van der Waals surface area contributed by atoms with Gasteiger partial charge in [-0.2, -0.15) is 18.3 Å². The molecule has 2 aromatic heterocycles. The van der Waals surface area contributed by atoms with Crippen LogP contribution in [0.4, 0.5) is 13.2 Å². The van der Waals surface area contributed by atoms with Crippen molar-refractivity contribution in [1.82, 2.24) is 19.7 Å². The molecule has 0 bridgehead atoms. The van der Waals surface area contributed by atoms with E-state index >= 15 is 0 Å². The third-order valence-electron chi connectivity index (χ3n) is 6.96. The summed E-state index contributed by atoms with van der Waals surface area (Å²) in [4.78, 5) is 32.1. The van der Waals surface area contributed by atoms with Crippen LogP contribution in [0.25, 0.3) is 16.6 Å². The van der Waals surface area contributed by atoms with E-state index in [1.807, 2.05) is 38.1 Å². The number of halogens is 3. The number of amides is 1. The molecule has 2 aromatic carbocycles. The van der Waals surface area contributed by atoms with Crippen molar-refractivity contribution in [2.45, 2.75) is 51.3 Å². The van der Waals surface area contributed by atoms with Gasteiger partial charge in [0.05, 0.1) is 23.6 Å². The first kappa shape index (κ1) is 26.5. The number of fused-ring (bicyclic) bond motifs is 3. The van der Waals surface area contributed by atoms with E-state index in [9.17, 15) is 22.8 Å². The molecule has 0 radical (unpaired) electrons. The van der Waals surface area contributed by atoms with Gasteiger partial charge in [-0.15, -0.1) is 0 Å². The Labute approximate surface area is 223 Å². The minimum absolute atomic E-state index is 0.115. The maximum Gasteiger partial charge on any atom is 0.419 e. The van der Waals surface area contributed by atoms with Crippen molar-refractivity contribution in [3.63, 3.8) is 0 Å². The number of H-pyrrole nitrogens is 1. The van der Waals surface area contributed by atoms with E-state index in [1.54, 1.807) is 43.0 Å². The Kier molecular flexibility index (Phi) is 6.52. The van der Waals surface area contributed by atoms with E-state index < -0.39 is 29.0 Å². The fraction of sp³-hybridized carbons (Fsp3) is 0.345. The van der Waals surface area contributed by atoms with Gasteiger partial charge in [0.25, 0.3) is 5.91 Å². The summed E-state index contributed by atoms with van der Waals surface area (Å²) in [5, 5.41) is 4.79. The second kappa shape index (κ2) is 9.59. The van der Waals surface area contributed by atoms with Crippen molar-refractivity contribution in [3.8, 4) is 5.69 Å². The second-order valence-electron chi connectivity index (χ2n) is 10.8. The van der Waals surface area contributed by atoms with Crippen LogP contribution in [0.5, 0.6) is 0 Å². The fourth-order valence-electron chi connectivity index (χ4n) is 5.30. The SMILES string of the molecule is CC(C)OC(=O)C1CN(C(=O)c2ccc(-n3cc(C(F)(F)F)cn3)cc2)CC(C)(C)c2c1[nH]c1ccccc21. The summed E-state index contributed by atoms with van der Waals surface area (Å²) < 4.78 is 45.6. The number of rotatable bonds is 4. The number of carbonyl (C=O) groups excluding carboxylic acids is 2. The van der Waals surface area contributed by atoms with E-state index in [2.05, 4.69) is 10.1 Å². The highest BCUT2D eigenvalue weighted by Crippen LogP contribution is 2.41. The van der Waals surface area contributed by atoms with Gasteiger partial charge >= 0.3 is 12.1 Å². The molecule has 1 aliphatic rings. The molecule has 0 saturated carbocycles. The molecule has 0 fully saturated rings. The second-order valence-corrected chi connectivity index (χ2v) is 10.8. The highest BCUT2D eigenvalue weighted by atomic mass is 19.4. The maximum atomic E-state index is 13.7. The van der Waals surface area contributed by atoms with Gasteiger partial charge in [-0.25, -0.2) is 4.68 Å². The van der Waals surface area contributed by atoms with Crippen molar-refractivity contribution >= 4 is 22.8 Å². The van der Waals surface area contributed by atoms with Gasteiger partial charge in [0, 0.05) is 46.9 Å². The molecule has 204 valence electrons. The molecule has 1 amide bonds. The van der Waals surface area contributed by atoms with E-state index in [-0.39, 0.29) is 18.6 Å². The number of aromatic nitrogens is 3. The number of hydrogen-bond donors (Lipinski definition) is 1. The highest BCUT2D eigenvalue weighted by Gasteiger charge is 2.42. The maximum absolute atomic E-state index is 13.7. The van der Waals surface area contributed by atoms with Gasteiger partial charge < -0.3 is 14.6 Å².